The molecule has 1 aliphatic rings. The molecular formula is C21H24N4O2S. The number of rotatable bonds is 4. The van der Waals surface area contributed by atoms with Crippen molar-refractivity contribution in [2.75, 3.05) is 36.5 Å². The Bertz CT molecular complexity index is 988. The summed E-state index contributed by atoms with van der Waals surface area (Å²) < 4.78 is 7.29. The first-order valence-corrected chi connectivity index (χ1v) is 10.2. The molecule has 2 aromatic heterocycles. The third kappa shape index (κ3) is 3.55. The van der Waals surface area contributed by atoms with Crippen molar-refractivity contribution >= 4 is 27.9 Å². The summed E-state index contributed by atoms with van der Waals surface area (Å²) in [6.45, 7) is 6.96. The van der Waals surface area contributed by atoms with Gasteiger partial charge in [0.15, 0.2) is 0 Å². The van der Waals surface area contributed by atoms with Crippen LogP contribution in [0.2, 0.25) is 0 Å². The minimum Gasteiger partial charge on any atom is -0.378 e. The Hall–Kier alpha value is -2.64. The molecule has 1 saturated heterocycles. The van der Waals surface area contributed by atoms with E-state index in [1.807, 2.05) is 45.2 Å². The van der Waals surface area contributed by atoms with Crippen LogP contribution in [-0.2, 0) is 11.8 Å². The maximum Gasteiger partial charge on any atom is 0.265 e. The van der Waals surface area contributed by atoms with E-state index in [9.17, 15) is 4.79 Å². The molecule has 0 radical (unpaired) electrons. The Kier molecular flexibility index (Phi) is 5.19. The second-order valence-corrected chi connectivity index (χ2v) is 7.95. The molecule has 0 atom stereocenters. The van der Waals surface area contributed by atoms with Crippen LogP contribution >= 0.6 is 11.3 Å². The Morgan fingerprint density at radius 1 is 1.18 bits per heavy atom. The Labute approximate surface area is 168 Å². The van der Waals surface area contributed by atoms with Gasteiger partial charge in [0.1, 0.15) is 0 Å². The van der Waals surface area contributed by atoms with Crippen LogP contribution in [0.3, 0.4) is 0 Å². The van der Waals surface area contributed by atoms with Crippen molar-refractivity contribution in [1.29, 1.82) is 0 Å². The summed E-state index contributed by atoms with van der Waals surface area (Å²) in [4.78, 5) is 16.0. The van der Waals surface area contributed by atoms with Crippen LogP contribution in [0.15, 0.2) is 36.4 Å². The molecular weight excluding hydrogens is 372 g/mol. The maximum atomic E-state index is 13.0. The largest absolute Gasteiger partial charge is 0.378 e. The van der Waals surface area contributed by atoms with E-state index in [0.717, 1.165) is 46.3 Å². The molecule has 0 aliphatic carbocycles. The average Bonchev–Trinajstić information content (AvgIpc) is 3.27. The number of ether oxygens (including phenoxy) is 1. The van der Waals surface area contributed by atoms with Crippen LogP contribution in [0.25, 0.3) is 11.1 Å². The highest BCUT2D eigenvalue weighted by molar-refractivity contribution is 7.18. The highest BCUT2D eigenvalue weighted by atomic mass is 32.1. The van der Waals surface area contributed by atoms with Crippen molar-refractivity contribution < 1.29 is 9.53 Å². The molecule has 1 N–H and O–H groups in total. The summed E-state index contributed by atoms with van der Waals surface area (Å²) in [5, 5.41) is 8.56. The van der Waals surface area contributed by atoms with Gasteiger partial charge >= 0.3 is 0 Å². The van der Waals surface area contributed by atoms with Gasteiger partial charge in [0.2, 0.25) is 0 Å². The van der Waals surface area contributed by atoms with Gasteiger partial charge in [-0.25, -0.2) is 0 Å². The highest BCUT2D eigenvalue weighted by Gasteiger charge is 2.23. The molecule has 7 heteroatoms. The lowest BCUT2D eigenvalue weighted by atomic mass is 10.1. The van der Waals surface area contributed by atoms with Gasteiger partial charge in [-0.05, 0) is 25.5 Å². The van der Waals surface area contributed by atoms with Gasteiger partial charge in [0.25, 0.3) is 5.91 Å². The summed E-state index contributed by atoms with van der Waals surface area (Å²) in [6.07, 6.45) is 0. The molecule has 0 saturated carbocycles. The molecule has 3 aromatic rings. The summed E-state index contributed by atoms with van der Waals surface area (Å²) in [5.74, 6) is -0.0964. The number of amides is 1. The van der Waals surface area contributed by atoms with Crippen molar-refractivity contribution in [3.05, 3.63) is 52.7 Å². The highest BCUT2D eigenvalue weighted by Crippen LogP contribution is 2.39. The van der Waals surface area contributed by atoms with E-state index in [0.29, 0.717) is 18.1 Å². The molecule has 28 heavy (non-hydrogen) atoms. The summed E-state index contributed by atoms with van der Waals surface area (Å²) in [7, 11) is 1.88. The molecule has 1 amide bonds. The van der Waals surface area contributed by atoms with E-state index in [1.54, 1.807) is 4.68 Å². The molecule has 6 nitrogen and oxygen atoms in total. The molecule has 1 fully saturated rings. The first kappa shape index (κ1) is 18.7. The average molecular weight is 397 g/mol. The minimum atomic E-state index is -0.0964. The topological polar surface area (TPSA) is 59.4 Å². The summed E-state index contributed by atoms with van der Waals surface area (Å²) in [5.41, 5.74) is 4.76. The van der Waals surface area contributed by atoms with E-state index in [1.165, 1.54) is 11.3 Å². The van der Waals surface area contributed by atoms with Crippen molar-refractivity contribution in [3.8, 4) is 11.1 Å². The lowest BCUT2D eigenvalue weighted by molar-refractivity contribution is 0.103. The first-order chi connectivity index (χ1) is 13.5. The third-order valence-corrected chi connectivity index (χ3v) is 6.26. The van der Waals surface area contributed by atoms with Gasteiger partial charge in [-0.1, -0.05) is 30.3 Å². The number of thiophene rings is 1. The van der Waals surface area contributed by atoms with E-state index < -0.39 is 0 Å². The number of morpholine rings is 1. The lowest BCUT2D eigenvalue weighted by Gasteiger charge is -2.28. The standard InChI is InChI=1S/C21H24N4O2S/c1-14-19(15(2)24(3)23-14)22-20(26)18-13-17(16-7-5-4-6-8-16)21(28-18)25-9-11-27-12-10-25/h4-8,13H,9-12H2,1-3H3,(H,22,26). The van der Waals surface area contributed by atoms with Gasteiger partial charge in [-0.3, -0.25) is 9.48 Å². The number of carbonyl (C=O) groups is 1. The monoisotopic (exact) mass is 396 g/mol. The lowest BCUT2D eigenvalue weighted by Crippen LogP contribution is -2.35. The van der Waals surface area contributed by atoms with Crippen molar-refractivity contribution in [2.24, 2.45) is 7.05 Å². The zero-order chi connectivity index (χ0) is 19.7. The molecule has 4 rings (SSSR count). The maximum absolute atomic E-state index is 13.0. The van der Waals surface area contributed by atoms with Crippen LogP contribution in [-0.4, -0.2) is 42.0 Å². The zero-order valence-corrected chi connectivity index (χ0v) is 17.2. The van der Waals surface area contributed by atoms with Crippen molar-refractivity contribution in [3.63, 3.8) is 0 Å². The van der Waals surface area contributed by atoms with Gasteiger partial charge in [0.05, 0.1) is 40.2 Å². The smallest absolute Gasteiger partial charge is 0.265 e. The van der Waals surface area contributed by atoms with Gasteiger partial charge in [-0.15, -0.1) is 11.3 Å². The van der Waals surface area contributed by atoms with Gasteiger partial charge in [0, 0.05) is 25.7 Å². The SMILES string of the molecule is Cc1nn(C)c(C)c1NC(=O)c1cc(-c2ccccc2)c(N2CCOCC2)s1. The molecule has 146 valence electrons. The van der Waals surface area contributed by atoms with E-state index >= 15 is 0 Å². The predicted molar refractivity (Wildman–Crippen MR) is 113 cm³/mol. The molecule has 0 unspecified atom stereocenters. The second-order valence-electron chi connectivity index (χ2n) is 6.92. The fourth-order valence-electron chi connectivity index (χ4n) is 3.45. The minimum absolute atomic E-state index is 0.0964. The van der Waals surface area contributed by atoms with Crippen molar-refractivity contribution in [1.82, 2.24) is 9.78 Å². The third-order valence-electron chi connectivity index (χ3n) is 5.07. The number of benzene rings is 1. The number of hydrogen-bond acceptors (Lipinski definition) is 5. The Morgan fingerprint density at radius 2 is 1.89 bits per heavy atom. The number of nitrogens with zero attached hydrogens (tertiary/aromatic N) is 3. The van der Waals surface area contributed by atoms with E-state index in [-0.39, 0.29) is 5.91 Å². The fraction of sp³-hybridized carbons (Fsp3) is 0.333. The van der Waals surface area contributed by atoms with Crippen LogP contribution in [0.5, 0.6) is 0 Å². The Morgan fingerprint density at radius 3 is 2.54 bits per heavy atom. The van der Waals surface area contributed by atoms with Crippen LogP contribution in [0.1, 0.15) is 21.1 Å². The summed E-state index contributed by atoms with van der Waals surface area (Å²) in [6, 6.07) is 12.2. The number of hydrogen-bond donors (Lipinski definition) is 1. The molecule has 0 bridgehead atoms. The number of aromatic nitrogens is 2. The van der Waals surface area contributed by atoms with E-state index in [2.05, 4.69) is 27.4 Å². The van der Waals surface area contributed by atoms with Gasteiger partial charge < -0.3 is 15.0 Å². The second kappa shape index (κ2) is 7.77. The molecule has 1 aliphatic heterocycles. The molecule has 0 spiro atoms. The van der Waals surface area contributed by atoms with Crippen LogP contribution < -0.4 is 10.2 Å². The number of carbonyl (C=O) groups excluding carboxylic acids is 1. The molecule has 1 aromatic carbocycles. The number of anilines is 2. The van der Waals surface area contributed by atoms with Crippen LogP contribution in [0, 0.1) is 13.8 Å². The zero-order valence-electron chi connectivity index (χ0n) is 16.4. The fourth-order valence-corrected chi connectivity index (χ4v) is 4.58. The quantitative estimate of drug-likeness (QED) is 0.728. The number of aryl methyl sites for hydroxylation is 2. The predicted octanol–water partition coefficient (Wildman–Crippen LogP) is 3.85. The first-order valence-electron chi connectivity index (χ1n) is 9.38. The molecule has 3 heterocycles. The number of nitrogens with one attached hydrogen (secondary N) is 1. The van der Waals surface area contributed by atoms with Crippen LogP contribution in [0.4, 0.5) is 10.7 Å². The van der Waals surface area contributed by atoms with Crippen molar-refractivity contribution in [2.45, 2.75) is 13.8 Å². The Balaban J connectivity index is 1.69. The van der Waals surface area contributed by atoms with Gasteiger partial charge in [-0.2, -0.15) is 5.10 Å². The van der Waals surface area contributed by atoms with E-state index in [4.69, 9.17) is 4.74 Å². The summed E-state index contributed by atoms with van der Waals surface area (Å²) >= 11 is 1.54. The normalized spacial score (nSPS) is 14.3.